The van der Waals surface area contributed by atoms with Gasteiger partial charge in [-0.1, -0.05) is 78.5 Å². The van der Waals surface area contributed by atoms with Gasteiger partial charge in [-0.25, -0.2) is 0 Å². The third-order valence-corrected chi connectivity index (χ3v) is 7.47. The van der Waals surface area contributed by atoms with E-state index in [0.717, 1.165) is 26.6 Å². The molecule has 0 aromatic heterocycles. The number of nitriles is 1. The van der Waals surface area contributed by atoms with Crippen molar-refractivity contribution in [3.8, 4) is 17.2 Å². The molecule has 186 valence electrons. The summed E-state index contributed by atoms with van der Waals surface area (Å²) < 4.78 is 0. The molecule has 0 unspecified atom stereocenters. The Morgan fingerprint density at radius 2 is 1.58 bits per heavy atom. The highest BCUT2D eigenvalue weighted by Crippen LogP contribution is 2.39. The molecule has 0 aliphatic carbocycles. The predicted molar refractivity (Wildman–Crippen MR) is 153 cm³/mol. The van der Waals surface area contributed by atoms with E-state index < -0.39 is 0 Å². The summed E-state index contributed by atoms with van der Waals surface area (Å²) in [4.78, 5) is 30.5. The predicted octanol–water partition coefficient (Wildman–Crippen LogP) is 7.55. The number of carbonyl (C=O) groups is 2. The molecule has 0 radical (unpaired) electrons. The van der Waals surface area contributed by atoms with Crippen LogP contribution in [0, 0.1) is 11.3 Å². The Balaban J connectivity index is 1.34. The van der Waals surface area contributed by atoms with E-state index in [1.54, 1.807) is 40.9 Å². The van der Waals surface area contributed by atoms with Crippen molar-refractivity contribution in [3.05, 3.63) is 125 Å². The lowest BCUT2D eigenvalue weighted by Gasteiger charge is -2.22. The molecule has 1 aliphatic heterocycles. The number of nitrogens with one attached hydrogen (secondary N) is 1. The second-order valence-corrected chi connectivity index (χ2v) is 9.93. The number of hydrogen-bond donors (Lipinski definition) is 1. The fourth-order valence-corrected chi connectivity index (χ4v) is 5.44. The average Bonchev–Trinajstić information content (AvgIpc) is 3.16. The molecule has 0 saturated carbocycles. The second kappa shape index (κ2) is 11.6. The van der Waals surface area contributed by atoms with Crippen molar-refractivity contribution in [2.24, 2.45) is 0 Å². The van der Waals surface area contributed by atoms with Crippen LogP contribution in [0.4, 0.5) is 11.4 Å². The van der Waals surface area contributed by atoms with Crippen LogP contribution >= 0.6 is 11.8 Å². The lowest BCUT2D eigenvalue weighted by Crippen LogP contribution is -2.31. The SMILES string of the molecule is N#CCCC1=CCN(C(=O)c2ccc(NC(=O)c3ccccc3-c3ccccc3)cc2)c2ccccc2S1. The fraction of sp³-hybridized carbons (Fsp3) is 0.0938. The van der Waals surface area contributed by atoms with Gasteiger partial charge in [-0.3, -0.25) is 9.59 Å². The molecule has 6 heteroatoms. The Bertz CT molecular complexity index is 1540. The van der Waals surface area contributed by atoms with Gasteiger partial charge >= 0.3 is 0 Å². The maximum absolute atomic E-state index is 13.5. The Morgan fingerprint density at radius 1 is 0.868 bits per heavy atom. The molecule has 38 heavy (non-hydrogen) atoms. The molecule has 5 nitrogen and oxygen atoms in total. The normalized spacial score (nSPS) is 12.5. The van der Waals surface area contributed by atoms with Crippen molar-refractivity contribution in [2.45, 2.75) is 17.7 Å². The van der Waals surface area contributed by atoms with Gasteiger partial charge in [0.1, 0.15) is 0 Å². The standard InChI is InChI=1S/C32H25N3O2S/c33-21-8-11-26-20-22-35(29-14-6-7-15-30(29)38-26)32(37)24-16-18-25(19-17-24)34-31(36)28-13-5-4-12-27(28)23-9-2-1-3-10-23/h1-7,9-10,12-20H,8,11,22H2,(H,34,36). The van der Waals surface area contributed by atoms with Gasteiger partial charge in [-0.05, 0) is 64.9 Å². The number of benzene rings is 4. The van der Waals surface area contributed by atoms with E-state index in [0.29, 0.717) is 36.2 Å². The maximum atomic E-state index is 13.5. The summed E-state index contributed by atoms with van der Waals surface area (Å²) in [6.45, 7) is 0.429. The molecule has 5 rings (SSSR count). The molecule has 1 aliphatic rings. The summed E-state index contributed by atoms with van der Waals surface area (Å²) in [6.07, 6.45) is 3.13. The molecule has 0 saturated heterocycles. The lowest BCUT2D eigenvalue weighted by atomic mass is 9.99. The molecular formula is C32H25N3O2S. The summed E-state index contributed by atoms with van der Waals surface area (Å²) in [6, 6.07) is 34.3. The van der Waals surface area contributed by atoms with Crippen LogP contribution in [0.15, 0.2) is 119 Å². The number of fused-ring (bicyclic) bond motifs is 1. The summed E-state index contributed by atoms with van der Waals surface area (Å²) in [5.74, 6) is -0.333. The largest absolute Gasteiger partial charge is 0.322 e. The molecule has 0 bridgehead atoms. The zero-order valence-corrected chi connectivity index (χ0v) is 21.4. The smallest absolute Gasteiger partial charge is 0.258 e. The fourth-order valence-electron chi connectivity index (χ4n) is 4.37. The first-order valence-electron chi connectivity index (χ1n) is 12.3. The first-order chi connectivity index (χ1) is 18.6. The van der Waals surface area contributed by atoms with Crippen LogP contribution in [0.1, 0.15) is 33.6 Å². The number of anilines is 2. The zero-order valence-electron chi connectivity index (χ0n) is 20.6. The van der Waals surface area contributed by atoms with Crippen molar-refractivity contribution in [1.29, 1.82) is 5.26 Å². The number of thioether (sulfide) groups is 1. The van der Waals surface area contributed by atoms with Crippen LogP contribution in [-0.2, 0) is 0 Å². The monoisotopic (exact) mass is 515 g/mol. The third-order valence-electron chi connectivity index (χ3n) is 6.27. The Labute approximate surface area is 226 Å². The van der Waals surface area contributed by atoms with Crippen molar-refractivity contribution < 1.29 is 9.59 Å². The minimum absolute atomic E-state index is 0.122. The van der Waals surface area contributed by atoms with E-state index in [4.69, 9.17) is 5.26 Å². The van der Waals surface area contributed by atoms with Gasteiger partial charge in [0.2, 0.25) is 0 Å². The number of amides is 2. The van der Waals surface area contributed by atoms with E-state index in [1.165, 1.54) is 0 Å². The molecule has 1 N–H and O–H groups in total. The van der Waals surface area contributed by atoms with E-state index in [2.05, 4.69) is 11.4 Å². The van der Waals surface area contributed by atoms with Gasteiger partial charge in [-0.15, -0.1) is 0 Å². The van der Waals surface area contributed by atoms with Crippen molar-refractivity contribution in [1.82, 2.24) is 0 Å². The van der Waals surface area contributed by atoms with Gasteiger partial charge < -0.3 is 10.2 Å². The van der Waals surface area contributed by atoms with Crippen LogP contribution in [0.5, 0.6) is 0 Å². The molecule has 0 fully saturated rings. The van der Waals surface area contributed by atoms with Gasteiger partial charge in [0.15, 0.2) is 0 Å². The van der Waals surface area contributed by atoms with E-state index >= 15 is 0 Å². The topological polar surface area (TPSA) is 73.2 Å². The van der Waals surface area contributed by atoms with E-state index in [1.807, 2.05) is 84.9 Å². The van der Waals surface area contributed by atoms with Gasteiger partial charge in [0.05, 0.1) is 11.8 Å². The van der Waals surface area contributed by atoms with Gasteiger partial charge in [0.25, 0.3) is 11.8 Å². The van der Waals surface area contributed by atoms with Crippen LogP contribution < -0.4 is 10.2 Å². The summed E-state index contributed by atoms with van der Waals surface area (Å²) in [5.41, 5.74) is 4.40. The highest BCUT2D eigenvalue weighted by Gasteiger charge is 2.23. The molecular weight excluding hydrogens is 490 g/mol. The summed E-state index contributed by atoms with van der Waals surface area (Å²) >= 11 is 1.61. The molecule has 4 aromatic carbocycles. The van der Waals surface area contributed by atoms with E-state index in [9.17, 15) is 9.59 Å². The first kappa shape index (κ1) is 25.1. The molecule has 1 heterocycles. The maximum Gasteiger partial charge on any atom is 0.258 e. The number of para-hydroxylation sites is 1. The second-order valence-electron chi connectivity index (χ2n) is 8.76. The molecule has 4 aromatic rings. The third kappa shape index (κ3) is 5.54. The highest BCUT2D eigenvalue weighted by atomic mass is 32.2. The van der Waals surface area contributed by atoms with Crippen LogP contribution in [-0.4, -0.2) is 18.4 Å². The van der Waals surface area contributed by atoms with Gasteiger partial charge in [0, 0.05) is 34.7 Å². The quantitative estimate of drug-likeness (QED) is 0.288. The minimum atomic E-state index is -0.211. The van der Waals surface area contributed by atoms with Crippen LogP contribution in [0.3, 0.4) is 0 Å². The first-order valence-corrected chi connectivity index (χ1v) is 13.2. The summed E-state index contributed by atoms with van der Waals surface area (Å²) in [5, 5.41) is 11.9. The Morgan fingerprint density at radius 3 is 2.37 bits per heavy atom. The van der Waals surface area contributed by atoms with Crippen molar-refractivity contribution in [3.63, 3.8) is 0 Å². The Hall–Kier alpha value is -4.60. The zero-order chi connectivity index (χ0) is 26.3. The number of nitrogens with zero attached hydrogens (tertiary/aromatic N) is 2. The molecule has 2 amide bonds. The van der Waals surface area contributed by atoms with Gasteiger partial charge in [-0.2, -0.15) is 5.26 Å². The Kier molecular flexibility index (Phi) is 7.67. The van der Waals surface area contributed by atoms with Crippen LogP contribution in [0.25, 0.3) is 11.1 Å². The van der Waals surface area contributed by atoms with E-state index in [-0.39, 0.29) is 11.8 Å². The minimum Gasteiger partial charge on any atom is -0.322 e. The highest BCUT2D eigenvalue weighted by molar-refractivity contribution is 8.03. The molecule has 0 atom stereocenters. The number of rotatable bonds is 6. The lowest BCUT2D eigenvalue weighted by molar-refractivity contribution is 0.0988. The average molecular weight is 516 g/mol. The molecule has 0 spiro atoms. The van der Waals surface area contributed by atoms with Crippen LogP contribution in [0.2, 0.25) is 0 Å². The van der Waals surface area contributed by atoms with Crippen molar-refractivity contribution >= 4 is 35.0 Å². The number of carbonyl (C=O) groups excluding carboxylic acids is 2. The number of hydrogen-bond acceptors (Lipinski definition) is 4. The van der Waals surface area contributed by atoms with Crippen molar-refractivity contribution in [2.75, 3.05) is 16.8 Å². The summed E-state index contributed by atoms with van der Waals surface area (Å²) in [7, 11) is 0. The number of allylic oxidation sites excluding steroid dienone is 1.